The molecular formula is C9H7BF3KN2O2. The van der Waals surface area contributed by atoms with Crippen LogP contribution in [-0.2, 0) is 6.44 Å². The fourth-order valence-electron chi connectivity index (χ4n) is 1.75. The van der Waals surface area contributed by atoms with Crippen molar-refractivity contribution in [2.45, 2.75) is 6.44 Å². The minimum Gasteiger partial charge on any atom is -0.448 e. The van der Waals surface area contributed by atoms with Crippen molar-refractivity contribution in [1.82, 2.24) is 4.57 Å². The molecule has 0 unspecified atom stereocenters. The summed E-state index contributed by atoms with van der Waals surface area (Å²) in [7, 11) is 0. The maximum absolute atomic E-state index is 12.3. The Balaban J connectivity index is 0.00000162. The quantitative estimate of drug-likeness (QED) is 0.450. The second-order valence-electron chi connectivity index (χ2n) is 3.65. The Morgan fingerprint density at radius 3 is 2.50 bits per heavy atom. The molecular weight excluding hydrogens is 275 g/mol. The van der Waals surface area contributed by atoms with Gasteiger partial charge in [-0.15, -0.1) is 0 Å². The van der Waals surface area contributed by atoms with Crippen molar-refractivity contribution in [3.05, 3.63) is 40.6 Å². The van der Waals surface area contributed by atoms with E-state index < -0.39 is 18.3 Å². The zero-order chi connectivity index (χ0) is 12.6. The first kappa shape index (κ1) is 15.7. The van der Waals surface area contributed by atoms with Crippen LogP contribution >= 0.6 is 0 Å². The molecule has 90 valence electrons. The number of aromatic nitrogens is 1. The summed E-state index contributed by atoms with van der Waals surface area (Å²) in [6, 6.07) is 5.41. The van der Waals surface area contributed by atoms with Crippen LogP contribution in [0.1, 0.15) is 0 Å². The summed E-state index contributed by atoms with van der Waals surface area (Å²) in [5.74, 6) is 0. The van der Waals surface area contributed by atoms with E-state index in [1.165, 1.54) is 30.5 Å². The summed E-state index contributed by atoms with van der Waals surface area (Å²) in [5, 5.41) is 10.9. The molecule has 0 saturated carbocycles. The number of fused-ring (bicyclic) bond motifs is 1. The topological polar surface area (TPSA) is 48.1 Å². The Morgan fingerprint density at radius 2 is 1.94 bits per heavy atom. The van der Waals surface area contributed by atoms with E-state index in [1.54, 1.807) is 0 Å². The van der Waals surface area contributed by atoms with E-state index in [9.17, 15) is 23.1 Å². The molecule has 0 spiro atoms. The van der Waals surface area contributed by atoms with Crippen molar-refractivity contribution in [2.75, 3.05) is 0 Å². The summed E-state index contributed by atoms with van der Waals surface area (Å²) >= 11 is 0. The van der Waals surface area contributed by atoms with E-state index in [2.05, 4.69) is 0 Å². The molecule has 1 heterocycles. The van der Waals surface area contributed by atoms with Crippen LogP contribution in [0, 0.1) is 10.1 Å². The fraction of sp³-hybridized carbons (Fsp3) is 0.111. The van der Waals surface area contributed by atoms with Gasteiger partial charge in [0.05, 0.1) is 15.8 Å². The van der Waals surface area contributed by atoms with Gasteiger partial charge in [0.1, 0.15) is 0 Å². The zero-order valence-electron chi connectivity index (χ0n) is 9.52. The van der Waals surface area contributed by atoms with Crippen LogP contribution in [0.5, 0.6) is 0 Å². The summed E-state index contributed by atoms with van der Waals surface area (Å²) in [4.78, 5) is 10.1. The SMILES string of the molecule is O=[N+]([O-])c1cccc2c1ccn2C[B-](F)(F)F.[K+]. The normalized spacial score (nSPS) is 11.3. The molecule has 18 heavy (non-hydrogen) atoms. The molecule has 0 fully saturated rings. The van der Waals surface area contributed by atoms with Gasteiger partial charge in [0.15, 0.2) is 0 Å². The Bertz CT molecular complexity index is 585. The van der Waals surface area contributed by atoms with E-state index in [0.29, 0.717) is 0 Å². The van der Waals surface area contributed by atoms with Crippen LogP contribution in [0.2, 0.25) is 0 Å². The van der Waals surface area contributed by atoms with Crippen LogP contribution in [0.15, 0.2) is 30.5 Å². The van der Waals surface area contributed by atoms with Crippen molar-refractivity contribution in [1.29, 1.82) is 0 Å². The third-order valence-electron chi connectivity index (χ3n) is 2.39. The molecule has 0 N–H and O–H groups in total. The van der Waals surface area contributed by atoms with Gasteiger partial charge < -0.3 is 17.5 Å². The standard InChI is InChI=1S/C9H7BF3N2O2.K/c11-10(12,13)6-14-5-4-7-8(14)2-1-3-9(7)15(16)17;/h1-5H,6H2;/q-1;+1. The number of benzene rings is 1. The van der Waals surface area contributed by atoms with Crippen molar-refractivity contribution < 1.29 is 69.3 Å². The van der Waals surface area contributed by atoms with E-state index >= 15 is 0 Å². The number of hydrogen-bond donors (Lipinski definition) is 0. The van der Waals surface area contributed by atoms with Gasteiger partial charge in [0.2, 0.25) is 0 Å². The van der Waals surface area contributed by atoms with Crippen molar-refractivity contribution >= 4 is 23.6 Å². The molecule has 0 aliphatic carbocycles. The molecule has 2 rings (SSSR count). The molecule has 1 aromatic carbocycles. The van der Waals surface area contributed by atoms with Crippen LogP contribution in [0.4, 0.5) is 18.6 Å². The number of nitro groups is 1. The molecule has 9 heteroatoms. The number of rotatable bonds is 3. The van der Waals surface area contributed by atoms with Crippen molar-refractivity contribution in [3.63, 3.8) is 0 Å². The molecule has 0 saturated heterocycles. The molecule has 0 amide bonds. The summed E-state index contributed by atoms with van der Waals surface area (Å²) in [6.45, 7) is -4.97. The molecule has 2 aromatic rings. The van der Waals surface area contributed by atoms with Gasteiger partial charge in [-0.1, -0.05) is 6.07 Å². The van der Waals surface area contributed by atoms with Crippen LogP contribution in [-0.4, -0.2) is 16.5 Å². The predicted octanol–water partition coefficient (Wildman–Crippen LogP) is -0.0599. The van der Waals surface area contributed by atoms with Gasteiger partial charge in [-0.2, -0.15) is 0 Å². The second kappa shape index (κ2) is 5.74. The number of hydrogen-bond acceptors (Lipinski definition) is 2. The fourth-order valence-corrected chi connectivity index (χ4v) is 1.75. The van der Waals surface area contributed by atoms with E-state index in [-0.39, 0.29) is 68.0 Å². The first-order valence-corrected chi connectivity index (χ1v) is 4.82. The van der Waals surface area contributed by atoms with Gasteiger partial charge in [0, 0.05) is 12.3 Å². The zero-order valence-corrected chi connectivity index (χ0v) is 12.6. The van der Waals surface area contributed by atoms with Gasteiger partial charge in [-0.05, 0) is 18.6 Å². The second-order valence-corrected chi connectivity index (χ2v) is 3.65. The predicted molar refractivity (Wildman–Crippen MR) is 57.7 cm³/mol. The van der Waals surface area contributed by atoms with Gasteiger partial charge in [-0.25, -0.2) is 0 Å². The summed E-state index contributed by atoms with van der Waals surface area (Å²) in [5.41, 5.74) is 0.0364. The van der Waals surface area contributed by atoms with Gasteiger partial charge in [0.25, 0.3) is 5.69 Å². The monoisotopic (exact) mass is 282 g/mol. The van der Waals surface area contributed by atoms with Gasteiger partial charge >= 0.3 is 58.4 Å². The summed E-state index contributed by atoms with van der Waals surface area (Å²) < 4.78 is 37.9. The molecule has 1 aromatic heterocycles. The Hall–Kier alpha value is -0.349. The molecule has 0 aliphatic heterocycles. The number of non-ortho nitro benzene ring substituents is 1. The third-order valence-corrected chi connectivity index (χ3v) is 2.39. The minimum atomic E-state index is -4.97. The first-order chi connectivity index (χ1) is 7.88. The smallest absolute Gasteiger partial charge is 0.448 e. The van der Waals surface area contributed by atoms with Crippen molar-refractivity contribution in [2.24, 2.45) is 0 Å². The van der Waals surface area contributed by atoms with Crippen LogP contribution < -0.4 is 51.4 Å². The van der Waals surface area contributed by atoms with Gasteiger partial charge in [-0.3, -0.25) is 10.1 Å². The number of nitro benzene ring substituents is 1. The number of halogens is 3. The Kier molecular flexibility index (Phi) is 5.01. The molecule has 0 aliphatic rings. The summed E-state index contributed by atoms with van der Waals surface area (Å²) in [6.07, 6.45) is 0.123. The maximum atomic E-state index is 12.3. The molecule has 0 atom stereocenters. The Labute approximate surface area is 143 Å². The average molecular weight is 282 g/mol. The van der Waals surface area contributed by atoms with E-state index in [0.717, 1.165) is 4.57 Å². The molecule has 0 bridgehead atoms. The Morgan fingerprint density at radius 1 is 1.28 bits per heavy atom. The minimum absolute atomic E-state index is 0. The third kappa shape index (κ3) is 3.35. The van der Waals surface area contributed by atoms with Crippen LogP contribution in [0.25, 0.3) is 10.9 Å². The molecule has 4 nitrogen and oxygen atoms in total. The average Bonchev–Trinajstić information content (AvgIpc) is 2.59. The first-order valence-electron chi connectivity index (χ1n) is 4.82. The largest absolute Gasteiger partial charge is 1.00 e. The van der Waals surface area contributed by atoms with Crippen LogP contribution in [0.3, 0.4) is 0 Å². The number of nitrogens with zero attached hydrogens (tertiary/aromatic N) is 2. The maximum Gasteiger partial charge on any atom is 1.00 e. The van der Waals surface area contributed by atoms with E-state index in [4.69, 9.17) is 0 Å². The molecule has 0 radical (unpaired) electrons. The van der Waals surface area contributed by atoms with Crippen molar-refractivity contribution in [3.8, 4) is 0 Å². The van der Waals surface area contributed by atoms with E-state index in [1.807, 2.05) is 0 Å².